The fraction of sp³-hybridized carbons (Fsp3) is 0.350. The number of hydrogen-bond acceptors (Lipinski definition) is 2. The van der Waals surface area contributed by atoms with E-state index in [1.165, 1.54) is 5.56 Å². The molecule has 128 valence electrons. The Morgan fingerprint density at radius 3 is 2.50 bits per heavy atom. The Morgan fingerprint density at radius 2 is 1.88 bits per heavy atom. The molecule has 0 heterocycles. The monoisotopic (exact) mass is 388 g/mol. The number of rotatable bonds is 7. The van der Waals surface area contributed by atoms with Crippen LogP contribution in [0.25, 0.3) is 0 Å². The summed E-state index contributed by atoms with van der Waals surface area (Å²) in [7, 11) is 0. The maximum Gasteiger partial charge on any atom is 0.225 e. The summed E-state index contributed by atoms with van der Waals surface area (Å²) < 4.78 is 0.917. The van der Waals surface area contributed by atoms with Crippen molar-refractivity contribution in [2.75, 3.05) is 11.9 Å². The fourth-order valence-corrected chi connectivity index (χ4v) is 3.11. The molecule has 0 bridgehead atoms. The van der Waals surface area contributed by atoms with E-state index in [2.05, 4.69) is 64.3 Å². The predicted octanol–water partition coefficient (Wildman–Crippen LogP) is 5.00. The zero-order valence-electron chi connectivity index (χ0n) is 14.6. The molecule has 0 aliphatic rings. The van der Waals surface area contributed by atoms with E-state index in [0.717, 1.165) is 28.8 Å². The van der Waals surface area contributed by atoms with Crippen LogP contribution in [-0.2, 0) is 11.3 Å². The van der Waals surface area contributed by atoms with E-state index >= 15 is 0 Å². The number of hydrogen-bond donors (Lipinski definition) is 1. The van der Waals surface area contributed by atoms with Gasteiger partial charge in [-0.15, -0.1) is 0 Å². The highest BCUT2D eigenvalue weighted by molar-refractivity contribution is 9.10. The third-order valence-corrected chi connectivity index (χ3v) is 4.64. The summed E-state index contributed by atoms with van der Waals surface area (Å²) in [5.41, 5.74) is 3.26. The molecule has 0 saturated carbocycles. The van der Waals surface area contributed by atoms with Gasteiger partial charge in [-0.1, -0.05) is 36.4 Å². The third kappa shape index (κ3) is 5.77. The maximum absolute atomic E-state index is 12.3. The zero-order valence-corrected chi connectivity index (χ0v) is 16.1. The smallest absolute Gasteiger partial charge is 0.225 e. The molecule has 0 fully saturated rings. The van der Waals surface area contributed by atoms with E-state index in [9.17, 15) is 4.79 Å². The standard InChI is InChI=1S/C20H25BrN2O/c1-15(2)23(14-17-7-5-4-6-8-17)12-11-20(24)22-19-10-9-16(3)13-18(19)21/h4-10,13,15H,11-12,14H2,1-3H3,(H,22,24). The number of nitrogens with zero attached hydrogens (tertiary/aromatic N) is 1. The van der Waals surface area contributed by atoms with Gasteiger partial charge < -0.3 is 5.32 Å². The molecule has 3 nitrogen and oxygen atoms in total. The van der Waals surface area contributed by atoms with Crippen LogP contribution in [0.1, 0.15) is 31.4 Å². The summed E-state index contributed by atoms with van der Waals surface area (Å²) in [5, 5.41) is 2.98. The van der Waals surface area contributed by atoms with Gasteiger partial charge in [0.05, 0.1) is 5.69 Å². The molecule has 0 radical (unpaired) electrons. The topological polar surface area (TPSA) is 32.3 Å². The van der Waals surface area contributed by atoms with Gasteiger partial charge in [0.25, 0.3) is 0 Å². The van der Waals surface area contributed by atoms with Gasteiger partial charge in [0.2, 0.25) is 5.91 Å². The second kappa shape index (κ2) is 9.00. The lowest BCUT2D eigenvalue weighted by atomic mass is 10.1. The number of anilines is 1. The molecular formula is C20H25BrN2O. The van der Waals surface area contributed by atoms with E-state index in [-0.39, 0.29) is 5.91 Å². The lowest BCUT2D eigenvalue weighted by Crippen LogP contribution is -2.33. The van der Waals surface area contributed by atoms with Gasteiger partial charge in [0.1, 0.15) is 0 Å². The first-order valence-corrected chi connectivity index (χ1v) is 9.09. The van der Waals surface area contributed by atoms with Crippen molar-refractivity contribution in [1.82, 2.24) is 4.90 Å². The Bertz CT molecular complexity index is 671. The number of aryl methyl sites for hydroxylation is 1. The van der Waals surface area contributed by atoms with Crippen LogP contribution in [0.15, 0.2) is 53.0 Å². The average Bonchev–Trinajstić information content (AvgIpc) is 2.55. The molecule has 1 amide bonds. The minimum atomic E-state index is 0.0401. The first-order chi connectivity index (χ1) is 11.5. The molecule has 4 heteroatoms. The minimum absolute atomic E-state index is 0.0401. The third-order valence-electron chi connectivity index (χ3n) is 3.98. The number of benzene rings is 2. The van der Waals surface area contributed by atoms with Crippen LogP contribution in [0.5, 0.6) is 0 Å². The molecule has 0 unspecified atom stereocenters. The van der Waals surface area contributed by atoms with E-state index in [0.29, 0.717) is 12.5 Å². The molecule has 0 spiro atoms. The molecular weight excluding hydrogens is 364 g/mol. The van der Waals surface area contributed by atoms with Gasteiger partial charge in [0.15, 0.2) is 0 Å². The number of carbonyl (C=O) groups excluding carboxylic acids is 1. The number of halogens is 1. The normalized spacial score (nSPS) is 11.1. The van der Waals surface area contributed by atoms with Gasteiger partial charge in [-0.2, -0.15) is 0 Å². The quantitative estimate of drug-likeness (QED) is 0.723. The molecule has 2 rings (SSSR count). The maximum atomic E-state index is 12.3. The minimum Gasteiger partial charge on any atom is -0.325 e. The molecule has 2 aromatic carbocycles. The molecule has 24 heavy (non-hydrogen) atoms. The largest absolute Gasteiger partial charge is 0.325 e. The van der Waals surface area contributed by atoms with Crippen LogP contribution in [0.3, 0.4) is 0 Å². The van der Waals surface area contributed by atoms with Gasteiger partial charge in [0, 0.05) is 30.0 Å². The van der Waals surface area contributed by atoms with Gasteiger partial charge >= 0.3 is 0 Å². The summed E-state index contributed by atoms with van der Waals surface area (Å²) in [6, 6.07) is 16.7. The van der Waals surface area contributed by atoms with Crippen LogP contribution in [-0.4, -0.2) is 23.4 Å². The Morgan fingerprint density at radius 1 is 1.17 bits per heavy atom. The van der Waals surface area contributed by atoms with Crippen LogP contribution in [0.4, 0.5) is 5.69 Å². The summed E-state index contributed by atoms with van der Waals surface area (Å²) in [6.07, 6.45) is 0.478. The number of nitrogens with one attached hydrogen (secondary N) is 1. The van der Waals surface area contributed by atoms with Crippen molar-refractivity contribution in [3.8, 4) is 0 Å². The predicted molar refractivity (Wildman–Crippen MR) is 104 cm³/mol. The second-order valence-corrected chi connectivity index (χ2v) is 7.19. The molecule has 0 aliphatic carbocycles. The average molecular weight is 389 g/mol. The van der Waals surface area contributed by atoms with Crippen molar-refractivity contribution in [1.29, 1.82) is 0 Å². The highest BCUT2D eigenvalue weighted by atomic mass is 79.9. The Hall–Kier alpha value is -1.65. The van der Waals surface area contributed by atoms with E-state index in [1.54, 1.807) is 0 Å². The molecule has 0 atom stereocenters. The lowest BCUT2D eigenvalue weighted by Gasteiger charge is -2.26. The Balaban J connectivity index is 1.90. The highest BCUT2D eigenvalue weighted by Gasteiger charge is 2.13. The van der Waals surface area contributed by atoms with Gasteiger partial charge in [-0.25, -0.2) is 0 Å². The molecule has 0 saturated heterocycles. The van der Waals surface area contributed by atoms with Crippen LogP contribution in [0.2, 0.25) is 0 Å². The summed E-state index contributed by atoms with van der Waals surface area (Å²) in [6.45, 7) is 7.96. The Kier molecular flexibility index (Phi) is 7.00. The van der Waals surface area contributed by atoms with E-state index < -0.39 is 0 Å². The zero-order chi connectivity index (χ0) is 17.5. The summed E-state index contributed by atoms with van der Waals surface area (Å²) in [4.78, 5) is 14.6. The lowest BCUT2D eigenvalue weighted by molar-refractivity contribution is -0.116. The van der Waals surface area contributed by atoms with Crippen LogP contribution < -0.4 is 5.32 Å². The first-order valence-electron chi connectivity index (χ1n) is 8.29. The van der Waals surface area contributed by atoms with Crippen molar-refractivity contribution >= 4 is 27.5 Å². The molecule has 0 aliphatic heterocycles. The second-order valence-electron chi connectivity index (χ2n) is 6.33. The van der Waals surface area contributed by atoms with E-state index in [4.69, 9.17) is 0 Å². The fourth-order valence-electron chi connectivity index (χ4n) is 2.52. The molecule has 0 aromatic heterocycles. The van der Waals surface area contributed by atoms with Crippen molar-refractivity contribution < 1.29 is 4.79 Å². The number of amides is 1. The highest BCUT2D eigenvalue weighted by Crippen LogP contribution is 2.23. The van der Waals surface area contributed by atoms with Crippen molar-refractivity contribution in [3.63, 3.8) is 0 Å². The van der Waals surface area contributed by atoms with Crippen LogP contribution in [0, 0.1) is 6.92 Å². The van der Waals surface area contributed by atoms with Crippen LogP contribution >= 0.6 is 15.9 Å². The molecule has 1 N–H and O–H groups in total. The van der Waals surface area contributed by atoms with Gasteiger partial charge in [-0.3, -0.25) is 9.69 Å². The van der Waals surface area contributed by atoms with Crippen molar-refractivity contribution in [2.45, 2.75) is 39.8 Å². The SMILES string of the molecule is Cc1ccc(NC(=O)CCN(Cc2ccccc2)C(C)C)c(Br)c1. The molecule has 2 aromatic rings. The van der Waals surface area contributed by atoms with Crippen molar-refractivity contribution in [2.24, 2.45) is 0 Å². The first kappa shape index (κ1) is 18.7. The number of carbonyl (C=O) groups is 1. The summed E-state index contributed by atoms with van der Waals surface area (Å²) in [5.74, 6) is 0.0401. The van der Waals surface area contributed by atoms with E-state index in [1.807, 2.05) is 31.2 Å². The van der Waals surface area contributed by atoms with Crippen molar-refractivity contribution in [3.05, 3.63) is 64.1 Å². The van der Waals surface area contributed by atoms with Gasteiger partial charge in [-0.05, 0) is 60.0 Å². The Labute approximate surface area is 153 Å². The summed E-state index contributed by atoms with van der Waals surface area (Å²) >= 11 is 3.50.